The maximum atomic E-state index is 12.2. The monoisotopic (exact) mass is 369 g/mol. The molecule has 2 aromatic rings. The molecular formula is C15H20ClN5O2S. The van der Waals surface area contributed by atoms with Crippen LogP contribution in [0.3, 0.4) is 0 Å². The van der Waals surface area contributed by atoms with E-state index in [4.69, 9.17) is 11.6 Å². The molecular weight excluding hydrogens is 350 g/mol. The summed E-state index contributed by atoms with van der Waals surface area (Å²) in [5.41, 5.74) is 0.961. The van der Waals surface area contributed by atoms with Crippen LogP contribution < -0.4 is 10.0 Å². The van der Waals surface area contributed by atoms with E-state index >= 15 is 0 Å². The number of hydrogen-bond acceptors (Lipinski definition) is 5. The van der Waals surface area contributed by atoms with Crippen LogP contribution in [0, 0.1) is 0 Å². The fourth-order valence-electron chi connectivity index (χ4n) is 2.71. The van der Waals surface area contributed by atoms with Gasteiger partial charge in [0.15, 0.2) is 0 Å². The Bertz CT molecular complexity index is 769. The van der Waals surface area contributed by atoms with Gasteiger partial charge in [-0.3, -0.25) is 4.68 Å². The predicted molar refractivity (Wildman–Crippen MR) is 91.5 cm³/mol. The van der Waals surface area contributed by atoms with Gasteiger partial charge in [0.25, 0.3) is 0 Å². The lowest BCUT2D eigenvalue weighted by Crippen LogP contribution is -2.28. The molecule has 1 fully saturated rings. The molecule has 1 aliphatic heterocycles. The summed E-state index contributed by atoms with van der Waals surface area (Å²) in [5, 5.41) is 12.1. The Morgan fingerprint density at radius 2 is 2.12 bits per heavy atom. The van der Waals surface area contributed by atoms with Crippen LogP contribution in [-0.2, 0) is 16.6 Å². The van der Waals surface area contributed by atoms with E-state index in [1.807, 2.05) is 6.20 Å². The van der Waals surface area contributed by atoms with Crippen LogP contribution in [0.1, 0.15) is 24.5 Å². The molecule has 1 aromatic carbocycles. The summed E-state index contributed by atoms with van der Waals surface area (Å²) in [7, 11) is -3.54. The largest absolute Gasteiger partial charge is 0.316 e. The summed E-state index contributed by atoms with van der Waals surface area (Å²) in [4.78, 5) is 0.194. The molecule has 1 saturated heterocycles. The third-order valence-electron chi connectivity index (χ3n) is 4.03. The second kappa shape index (κ2) is 7.60. The fraction of sp³-hybridized carbons (Fsp3) is 0.467. The SMILES string of the molecule is O=S(=O)(NCCn1cc([C@@H]2CCCNC2)nn1)c1ccc(Cl)cc1. The van der Waals surface area contributed by atoms with Crippen molar-refractivity contribution in [3.05, 3.63) is 41.2 Å². The van der Waals surface area contributed by atoms with Crippen molar-refractivity contribution in [2.45, 2.75) is 30.2 Å². The second-order valence-electron chi connectivity index (χ2n) is 5.80. The Kier molecular flexibility index (Phi) is 5.50. The number of piperidine rings is 1. The van der Waals surface area contributed by atoms with Gasteiger partial charge in [-0.25, -0.2) is 13.1 Å². The second-order valence-corrected chi connectivity index (χ2v) is 8.00. The van der Waals surface area contributed by atoms with E-state index in [2.05, 4.69) is 20.4 Å². The number of hydrogen-bond donors (Lipinski definition) is 2. The first-order chi connectivity index (χ1) is 11.5. The summed E-state index contributed by atoms with van der Waals surface area (Å²) >= 11 is 5.77. The number of aromatic nitrogens is 3. The van der Waals surface area contributed by atoms with Crippen LogP contribution in [0.25, 0.3) is 0 Å². The molecule has 7 nitrogen and oxygen atoms in total. The Balaban J connectivity index is 1.54. The Morgan fingerprint density at radius 3 is 2.83 bits per heavy atom. The lowest BCUT2D eigenvalue weighted by atomic mass is 9.97. The normalized spacial score (nSPS) is 18.6. The average Bonchev–Trinajstić information content (AvgIpc) is 3.05. The summed E-state index contributed by atoms with van der Waals surface area (Å²) in [6.45, 7) is 2.65. The molecule has 0 bridgehead atoms. The zero-order chi connectivity index (χ0) is 17.0. The average molecular weight is 370 g/mol. The number of halogens is 1. The number of rotatable bonds is 6. The van der Waals surface area contributed by atoms with Gasteiger partial charge in [-0.05, 0) is 43.7 Å². The van der Waals surface area contributed by atoms with Crippen molar-refractivity contribution in [1.82, 2.24) is 25.0 Å². The summed E-state index contributed by atoms with van der Waals surface area (Å²) in [6.07, 6.45) is 4.14. The van der Waals surface area contributed by atoms with Gasteiger partial charge in [-0.1, -0.05) is 16.8 Å². The molecule has 0 amide bonds. The maximum absolute atomic E-state index is 12.2. The fourth-order valence-corrected chi connectivity index (χ4v) is 3.85. The molecule has 1 aromatic heterocycles. The van der Waals surface area contributed by atoms with Crippen molar-refractivity contribution in [2.75, 3.05) is 19.6 Å². The van der Waals surface area contributed by atoms with Gasteiger partial charge < -0.3 is 5.32 Å². The molecule has 0 unspecified atom stereocenters. The highest BCUT2D eigenvalue weighted by atomic mass is 35.5. The van der Waals surface area contributed by atoms with Crippen LogP contribution >= 0.6 is 11.6 Å². The lowest BCUT2D eigenvalue weighted by molar-refractivity contribution is 0.454. The molecule has 9 heteroatoms. The van der Waals surface area contributed by atoms with Gasteiger partial charge in [0.2, 0.25) is 10.0 Å². The number of nitrogens with one attached hydrogen (secondary N) is 2. The minimum absolute atomic E-state index is 0.194. The van der Waals surface area contributed by atoms with E-state index in [0.717, 1.165) is 31.6 Å². The highest BCUT2D eigenvalue weighted by Gasteiger charge is 2.18. The topological polar surface area (TPSA) is 88.9 Å². The van der Waals surface area contributed by atoms with Crippen molar-refractivity contribution in [3.8, 4) is 0 Å². The van der Waals surface area contributed by atoms with Crippen molar-refractivity contribution >= 4 is 21.6 Å². The molecule has 0 spiro atoms. The molecule has 0 aliphatic carbocycles. The molecule has 1 aliphatic rings. The molecule has 3 rings (SSSR count). The molecule has 0 saturated carbocycles. The van der Waals surface area contributed by atoms with Gasteiger partial charge >= 0.3 is 0 Å². The summed E-state index contributed by atoms with van der Waals surface area (Å²) in [5.74, 6) is 0.387. The maximum Gasteiger partial charge on any atom is 0.240 e. The predicted octanol–water partition coefficient (Wildman–Crippen LogP) is 1.38. The number of nitrogens with zero attached hydrogens (tertiary/aromatic N) is 3. The van der Waals surface area contributed by atoms with Crippen LogP contribution in [0.5, 0.6) is 0 Å². The van der Waals surface area contributed by atoms with E-state index in [0.29, 0.717) is 17.5 Å². The zero-order valence-corrected chi connectivity index (χ0v) is 14.7. The standard InChI is InChI=1S/C15H20ClN5O2S/c16-13-3-5-14(6-4-13)24(22,23)18-8-9-21-11-15(19-20-21)12-2-1-7-17-10-12/h3-6,11-12,17-18H,1-2,7-10H2/t12-/m1/s1. The van der Waals surface area contributed by atoms with E-state index in [-0.39, 0.29) is 11.4 Å². The lowest BCUT2D eigenvalue weighted by Gasteiger charge is -2.20. The number of benzene rings is 1. The first kappa shape index (κ1) is 17.3. The van der Waals surface area contributed by atoms with E-state index in [1.54, 1.807) is 16.8 Å². The van der Waals surface area contributed by atoms with Crippen LogP contribution in [-0.4, -0.2) is 43.0 Å². The van der Waals surface area contributed by atoms with Gasteiger partial charge in [-0.2, -0.15) is 0 Å². The third kappa shape index (κ3) is 4.32. The van der Waals surface area contributed by atoms with E-state index < -0.39 is 10.0 Å². The molecule has 2 heterocycles. The van der Waals surface area contributed by atoms with Gasteiger partial charge in [0.05, 0.1) is 17.1 Å². The first-order valence-electron chi connectivity index (χ1n) is 7.90. The van der Waals surface area contributed by atoms with Gasteiger partial charge in [0, 0.05) is 30.2 Å². The Hall–Kier alpha value is -1.48. The zero-order valence-electron chi connectivity index (χ0n) is 13.2. The summed E-state index contributed by atoms with van der Waals surface area (Å²) in [6, 6.07) is 6.07. The molecule has 2 N–H and O–H groups in total. The Morgan fingerprint density at radius 1 is 1.33 bits per heavy atom. The van der Waals surface area contributed by atoms with Crippen LogP contribution in [0.15, 0.2) is 35.4 Å². The molecule has 130 valence electrons. The number of sulfonamides is 1. The quantitative estimate of drug-likeness (QED) is 0.803. The smallest absolute Gasteiger partial charge is 0.240 e. The van der Waals surface area contributed by atoms with E-state index in [1.165, 1.54) is 12.1 Å². The summed E-state index contributed by atoms with van der Waals surface area (Å²) < 4.78 is 28.6. The molecule has 1 atom stereocenters. The van der Waals surface area contributed by atoms with Crippen molar-refractivity contribution in [3.63, 3.8) is 0 Å². The minimum atomic E-state index is -3.54. The van der Waals surface area contributed by atoms with Crippen molar-refractivity contribution in [1.29, 1.82) is 0 Å². The molecule has 0 radical (unpaired) electrons. The van der Waals surface area contributed by atoms with Gasteiger partial charge in [-0.15, -0.1) is 5.10 Å². The van der Waals surface area contributed by atoms with E-state index in [9.17, 15) is 8.42 Å². The van der Waals surface area contributed by atoms with Crippen molar-refractivity contribution in [2.24, 2.45) is 0 Å². The van der Waals surface area contributed by atoms with Crippen molar-refractivity contribution < 1.29 is 8.42 Å². The highest BCUT2D eigenvalue weighted by Crippen LogP contribution is 2.20. The minimum Gasteiger partial charge on any atom is -0.316 e. The molecule has 24 heavy (non-hydrogen) atoms. The van der Waals surface area contributed by atoms with Crippen LogP contribution in [0.4, 0.5) is 0 Å². The third-order valence-corrected chi connectivity index (χ3v) is 5.76. The van der Waals surface area contributed by atoms with Gasteiger partial charge in [0.1, 0.15) is 0 Å². The first-order valence-corrected chi connectivity index (χ1v) is 9.77. The Labute approximate surface area is 146 Å². The van der Waals surface area contributed by atoms with Crippen LogP contribution in [0.2, 0.25) is 5.02 Å². The highest BCUT2D eigenvalue weighted by molar-refractivity contribution is 7.89.